The normalized spacial score (nSPS) is 13.9. The van der Waals surface area contributed by atoms with Crippen LogP contribution in [0.4, 0.5) is 11.4 Å². The number of para-hydroxylation sites is 1. The van der Waals surface area contributed by atoms with Crippen molar-refractivity contribution >= 4 is 11.4 Å². The fraction of sp³-hybridized carbons (Fsp3) is 0.538. The number of hydrogen-bond donors (Lipinski definition) is 2. The van der Waals surface area contributed by atoms with Crippen LogP contribution in [0.5, 0.6) is 0 Å². The van der Waals surface area contributed by atoms with Gasteiger partial charge in [0.2, 0.25) is 0 Å². The van der Waals surface area contributed by atoms with Gasteiger partial charge in [-0.3, -0.25) is 10.1 Å². The van der Waals surface area contributed by atoms with Crippen molar-refractivity contribution < 1.29 is 14.8 Å². The quantitative estimate of drug-likeness (QED) is 0.584. The summed E-state index contributed by atoms with van der Waals surface area (Å²) < 4.78 is 4.92. The van der Waals surface area contributed by atoms with Gasteiger partial charge < -0.3 is 15.2 Å². The van der Waals surface area contributed by atoms with E-state index in [0.717, 1.165) is 5.56 Å². The molecule has 0 spiro atoms. The molecule has 0 saturated carbocycles. The molecule has 0 aliphatic heterocycles. The molecule has 19 heavy (non-hydrogen) atoms. The minimum atomic E-state index is -0.980. The fourth-order valence-electron chi connectivity index (χ4n) is 1.72. The van der Waals surface area contributed by atoms with Crippen molar-refractivity contribution in [1.82, 2.24) is 0 Å². The molecule has 0 aromatic heterocycles. The summed E-state index contributed by atoms with van der Waals surface area (Å²) >= 11 is 0. The van der Waals surface area contributed by atoms with Gasteiger partial charge >= 0.3 is 0 Å². The van der Waals surface area contributed by atoms with E-state index >= 15 is 0 Å². The summed E-state index contributed by atoms with van der Waals surface area (Å²) in [6, 6.07) is 4.88. The molecule has 6 nitrogen and oxygen atoms in total. The number of hydrogen-bond acceptors (Lipinski definition) is 5. The summed E-state index contributed by atoms with van der Waals surface area (Å²) in [5, 5.41) is 24.0. The highest BCUT2D eigenvalue weighted by molar-refractivity contribution is 5.66. The van der Waals surface area contributed by atoms with Crippen molar-refractivity contribution in [2.75, 3.05) is 25.6 Å². The molecular formula is C13H20N2O4. The largest absolute Gasteiger partial charge is 0.388 e. The second-order valence-electron chi connectivity index (χ2n) is 4.82. The van der Waals surface area contributed by atoms with Gasteiger partial charge in [-0.15, -0.1) is 0 Å². The molecule has 2 N–H and O–H groups in total. The summed E-state index contributed by atoms with van der Waals surface area (Å²) in [5.41, 5.74) is 0.260. The highest BCUT2D eigenvalue weighted by Crippen LogP contribution is 2.28. The van der Waals surface area contributed by atoms with Crippen LogP contribution in [0.1, 0.15) is 18.9 Å². The molecule has 0 aliphatic rings. The minimum absolute atomic E-state index is 0.0162. The van der Waals surface area contributed by atoms with Crippen LogP contribution in [0.2, 0.25) is 0 Å². The lowest BCUT2D eigenvalue weighted by Gasteiger charge is -2.24. The molecule has 1 aromatic carbocycles. The number of nitro benzene ring substituents is 1. The molecule has 0 heterocycles. The third-order valence-corrected chi connectivity index (χ3v) is 2.94. The highest BCUT2D eigenvalue weighted by atomic mass is 16.6. The Hall–Kier alpha value is -1.66. The Bertz CT molecular complexity index is 446. The van der Waals surface area contributed by atoms with Crippen molar-refractivity contribution in [3.63, 3.8) is 0 Å². The Morgan fingerprint density at radius 2 is 2.21 bits per heavy atom. The molecule has 1 rings (SSSR count). The molecule has 0 radical (unpaired) electrons. The zero-order valence-corrected chi connectivity index (χ0v) is 11.5. The third kappa shape index (κ3) is 4.50. The predicted molar refractivity (Wildman–Crippen MR) is 73.4 cm³/mol. The van der Waals surface area contributed by atoms with E-state index in [1.807, 2.05) is 0 Å². The Morgan fingerprint density at radius 3 is 2.79 bits per heavy atom. The van der Waals surface area contributed by atoms with Crippen LogP contribution < -0.4 is 5.32 Å². The van der Waals surface area contributed by atoms with Gasteiger partial charge in [-0.1, -0.05) is 12.1 Å². The first-order chi connectivity index (χ1) is 8.87. The number of ether oxygens (including phenoxy) is 1. The van der Waals surface area contributed by atoms with E-state index in [1.165, 1.54) is 6.07 Å². The van der Waals surface area contributed by atoms with E-state index < -0.39 is 10.5 Å². The molecule has 6 heteroatoms. The predicted octanol–water partition coefficient (Wildman–Crippen LogP) is 2.10. The lowest BCUT2D eigenvalue weighted by molar-refractivity contribution is -0.384. The van der Waals surface area contributed by atoms with Gasteiger partial charge in [-0.25, -0.2) is 0 Å². The van der Waals surface area contributed by atoms with Crippen LogP contribution in [0.15, 0.2) is 18.2 Å². The average Bonchev–Trinajstić information content (AvgIpc) is 2.34. The van der Waals surface area contributed by atoms with Crippen LogP contribution in [-0.4, -0.2) is 35.9 Å². The van der Waals surface area contributed by atoms with Crippen LogP contribution in [0, 0.1) is 17.0 Å². The Kier molecular flexibility index (Phi) is 5.26. The lowest BCUT2D eigenvalue weighted by atomic mass is 10.0. The number of aryl methyl sites for hydroxylation is 1. The lowest BCUT2D eigenvalue weighted by Crippen LogP contribution is -2.35. The number of benzene rings is 1. The molecule has 0 bridgehead atoms. The Labute approximate surface area is 112 Å². The van der Waals surface area contributed by atoms with E-state index in [-0.39, 0.29) is 12.2 Å². The van der Waals surface area contributed by atoms with E-state index in [0.29, 0.717) is 18.7 Å². The number of anilines is 1. The van der Waals surface area contributed by atoms with Crippen molar-refractivity contribution in [3.8, 4) is 0 Å². The molecule has 0 fully saturated rings. The van der Waals surface area contributed by atoms with Crippen LogP contribution in [0.3, 0.4) is 0 Å². The summed E-state index contributed by atoms with van der Waals surface area (Å²) in [6.45, 7) is 4.12. The number of aliphatic hydroxyl groups is 1. The summed E-state index contributed by atoms with van der Waals surface area (Å²) in [4.78, 5) is 10.5. The maximum atomic E-state index is 11.0. The number of nitrogens with one attached hydrogen (secondary N) is 1. The maximum absolute atomic E-state index is 11.0. The zero-order chi connectivity index (χ0) is 14.5. The summed E-state index contributed by atoms with van der Waals surface area (Å²) in [5.74, 6) is 0. The van der Waals surface area contributed by atoms with Crippen molar-refractivity contribution in [2.45, 2.75) is 25.9 Å². The highest BCUT2D eigenvalue weighted by Gasteiger charge is 2.22. The molecule has 1 atom stereocenters. The van der Waals surface area contributed by atoms with Crippen molar-refractivity contribution in [3.05, 3.63) is 33.9 Å². The van der Waals surface area contributed by atoms with Crippen LogP contribution in [0.25, 0.3) is 0 Å². The van der Waals surface area contributed by atoms with Gasteiger partial charge in [0.05, 0.1) is 10.5 Å². The number of nitro groups is 1. The monoisotopic (exact) mass is 268 g/mol. The molecule has 106 valence electrons. The van der Waals surface area contributed by atoms with Gasteiger partial charge in [0.15, 0.2) is 0 Å². The molecule has 0 aliphatic carbocycles. The summed E-state index contributed by atoms with van der Waals surface area (Å²) in [7, 11) is 1.57. The fourth-order valence-corrected chi connectivity index (χ4v) is 1.72. The third-order valence-electron chi connectivity index (χ3n) is 2.94. The standard InChI is InChI=1S/C13H20N2O4/c1-10-5-4-6-11(15(17)18)12(10)14-9-13(2,16)7-8-19-3/h4-6,14,16H,7-9H2,1-3H3. The van der Waals surface area contributed by atoms with Gasteiger partial charge in [0.1, 0.15) is 5.69 Å². The second kappa shape index (κ2) is 6.49. The van der Waals surface area contributed by atoms with Gasteiger partial charge in [-0.05, 0) is 19.4 Å². The van der Waals surface area contributed by atoms with Crippen molar-refractivity contribution in [2.24, 2.45) is 0 Å². The number of methoxy groups -OCH3 is 1. The molecule has 1 aromatic rings. The first-order valence-electron chi connectivity index (χ1n) is 6.06. The van der Waals surface area contributed by atoms with Crippen LogP contribution >= 0.6 is 0 Å². The van der Waals surface area contributed by atoms with Crippen molar-refractivity contribution in [1.29, 1.82) is 0 Å². The van der Waals surface area contributed by atoms with E-state index in [4.69, 9.17) is 4.74 Å². The smallest absolute Gasteiger partial charge is 0.292 e. The Morgan fingerprint density at radius 1 is 1.53 bits per heavy atom. The zero-order valence-electron chi connectivity index (χ0n) is 11.5. The molecule has 1 unspecified atom stereocenters. The molecule has 0 amide bonds. The molecule has 0 saturated heterocycles. The first-order valence-corrected chi connectivity index (χ1v) is 6.06. The van der Waals surface area contributed by atoms with Gasteiger partial charge in [0.25, 0.3) is 5.69 Å². The average molecular weight is 268 g/mol. The summed E-state index contributed by atoms with van der Waals surface area (Å²) in [6.07, 6.45) is 0.455. The Balaban J connectivity index is 2.80. The van der Waals surface area contributed by atoms with E-state index in [9.17, 15) is 15.2 Å². The van der Waals surface area contributed by atoms with E-state index in [1.54, 1.807) is 33.1 Å². The number of nitrogens with zero attached hydrogens (tertiary/aromatic N) is 1. The number of rotatable bonds is 7. The van der Waals surface area contributed by atoms with Gasteiger partial charge in [-0.2, -0.15) is 0 Å². The maximum Gasteiger partial charge on any atom is 0.292 e. The second-order valence-corrected chi connectivity index (χ2v) is 4.82. The molecular weight excluding hydrogens is 248 g/mol. The first kappa shape index (κ1) is 15.4. The topological polar surface area (TPSA) is 84.6 Å². The van der Waals surface area contributed by atoms with E-state index in [2.05, 4.69) is 5.32 Å². The van der Waals surface area contributed by atoms with Crippen LogP contribution in [-0.2, 0) is 4.74 Å². The minimum Gasteiger partial charge on any atom is -0.388 e. The SMILES string of the molecule is COCCC(C)(O)CNc1c(C)cccc1[N+](=O)[O-]. The van der Waals surface area contributed by atoms with Gasteiger partial charge in [0, 0.05) is 32.7 Å².